The number of ether oxygens (including phenoxy) is 4. The van der Waals surface area contributed by atoms with Gasteiger partial charge in [0.15, 0.2) is 23.0 Å². The lowest BCUT2D eigenvalue weighted by Crippen LogP contribution is -2.08. The first kappa shape index (κ1) is 48.4. The van der Waals surface area contributed by atoms with E-state index in [0.29, 0.717) is 80.6 Å². The summed E-state index contributed by atoms with van der Waals surface area (Å²) < 4.78 is 33.7. The maximum absolute atomic E-state index is 13.4. The number of hydrogen-bond acceptors (Lipinski definition) is 12. The number of aliphatic hydroxyl groups is 2. The molecule has 0 aliphatic carbocycles. The number of hydrogen-bond donors (Lipinski definition) is 4. The van der Waals surface area contributed by atoms with E-state index in [1.807, 2.05) is 39.8 Å². The minimum Gasteiger partial charge on any atom is -0.504 e. The van der Waals surface area contributed by atoms with Crippen molar-refractivity contribution < 1.29 is 48.2 Å². The van der Waals surface area contributed by atoms with Crippen LogP contribution >= 0.6 is 15.9 Å². The monoisotopic (exact) mass is 912 g/mol. The molecule has 12 nitrogen and oxygen atoms in total. The summed E-state index contributed by atoms with van der Waals surface area (Å²) in [6.07, 6.45) is 8.78. The number of fused-ring (bicyclic) bond motifs is 2. The summed E-state index contributed by atoms with van der Waals surface area (Å²) >= 11 is 3.27. The van der Waals surface area contributed by atoms with E-state index in [2.05, 4.69) is 35.9 Å². The lowest BCUT2D eigenvalue weighted by molar-refractivity contribution is 0.281. The molecule has 0 bridgehead atoms. The lowest BCUT2D eigenvalue weighted by Gasteiger charge is -2.13. The summed E-state index contributed by atoms with van der Waals surface area (Å²) in [6.45, 7) is 12.6. The zero-order valence-electron chi connectivity index (χ0n) is 36.1. The predicted molar refractivity (Wildman–Crippen MR) is 247 cm³/mol. The molecular formula is C49H53BrO12. The van der Waals surface area contributed by atoms with Gasteiger partial charge in [-0.05, 0) is 124 Å². The molecule has 0 aliphatic rings. The smallest absolute Gasteiger partial charge is 0.204 e. The largest absolute Gasteiger partial charge is 0.504 e. The molecule has 0 unspecified atom stereocenters. The molecule has 0 radical (unpaired) electrons. The second kappa shape index (κ2) is 23.1. The number of allylic oxidation sites excluding steroid dienone is 4. The average molecular weight is 914 g/mol. The van der Waals surface area contributed by atoms with Crippen LogP contribution in [0.5, 0.6) is 34.5 Å². The van der Waals surface area contributed by atoms with E-state index in [0.717, 1.165) is 16.5 Å². The molecule has 0 saturated heterocycles. The van der Waals surface area contributed by atoms with Gasteiger partial charge in [-0.2, -0.15) is 0 Å². The van der Waals surface area contributed by atoms with Gasteiger partial charge in [0.25, 0.3) is 0 Å². The first-order valence-electron chi connectivity index (χ1n) is 19.5. The number of methoxy groups -OCH3 is 2. The van der Waals surface area contributed by atoms with Gasteiger partial charge in [0.2, 0.25) is 10.9 Å². The van der Waals surface area contributed by atoms with Gasteiger partial charge in [0.05, 0.1) is 38.6 Å². The van der Waals surface area contributed by atoms with Crippen molar-refractivity contribution in [1.29, 1.82) is 0 Å². The number of benzene rings is 4. The standard InChI is InChI=1S/C27H30O6.C17H14O6.C5H9Br/c1-17(2)8-10-31-22-7-6-20(14-23(22)32-11-9-18(3)4)21-16-33-25-13-19(15-28)12-24(30-5)26(25)27(21)29;1-22-14-4-9(7-18)5-15-16(14)17(21)11(8-23-15)10-2-3-12(19)13(20)6-10;1-5(2)3-4-6/h6-9,12-14,16,28H,10-11,15H2,1-5H3;2-6,8,18-20H,7H2,1H3;3H,4H2,1-2H3. The molecule has 0 aliphatic heterocycles. The molecule has 6 rings (SSSR count). The fraction of sp³-hybridized carbons (Fsp3) is 0.265. The molecule has 0 atom stereocenters. The number of aromatic hydroxyl groups is 2. The SMILES string of the molecule is CC(C)=CCBr.COc1cc(CO)cc2occ(-c3ccc(O)c(O)c3)c(=O)c12.COc1cc(CO)cc2occ(-c3ccc(OCC=C(C)C)c(OCC=C(C)C)c3)c(=O)c12. The van der Waals surface area contributed by atoms with Crippen LogP contribution in [0.2, 0.25) is 0 Å². The summed E-state index contributed by atoms with van der Waals surface area (Å²) in [4.78, 5) is 26.1. The van der Waals surface area contributed by atoms with Gasteiger partial charge in [0, 0.05) is 5.33 Å². The van der Waals surface area contributed by atoms with Gasteiger partial charge in [-0.3, -0.25) is 9.59 Å². The first-order valence-corrected chi connectivity index (χ1v) is 20.6. The maximum atomic E-state index is 13.4. The average Bonchev–Trinajstić information content (AvgIpc) is 3.24. The Morgan fingerprint density at radius 2 is 1.03 bits per heavy atom. The van der Waals surface area contributed by atoms with E-state index in [9.17, 15) is 30.0 Å². The van der Waals surface area contributed by atoms with E-state index < -0.39 is 0 Å². The topological polar surface area (TPSA) is 178 Å². The fourth-order valence-electron chi connectivity index (χ4n) is 5.80. The number of phenolic OH excluding ortho intramolecular Hbond substituents is 2. The number of halogens is 1. The molecule has 6 aromatic rings. The summed E-state index contributed by atoms with van der Waals surface area (Å²) in [7, 11) is 2.91. The van der Waals surface area contributed by atoms with Gasteiger partial charge in [0.1, 0.15) is 59.2 Å². The maximum Gasteiger partial charge on any atom is 0.204 e. The number of phenols is 2. The highest BCUT2D eigenvalue weighted by Gasteiger charge is 2.18. The zero-order chi connectivity index (χ0) is 45.5. The van der Waals surface area contributed by atoms with E-state index in [1.165, 1.54) is 50.5 Å². The van der Waals surface area contributed by atoms with Gasteiger partial charge in [-0.15, -0.1) is 0 Å². The van der Waals surface area contributed by atoms with Crippen molar-refractivity contribution in [3.8, 4) is 56.8 Å². The van der Waals surface area contributed by atoms with E-state index in [4.69, 9.17) is 27.8 Å². The third-order valence-corrected chi connectivity index (χ3v) is 9.42. The Bertz CT molecular complexity index is 2690. The summed E-state index contributed by atoms with van der Waals surface area (Å²) in [5, 5.41) is 39.2. The molecular weight excluding hydrogens is 860 g/mol. The molecule has 0 amide bonds. The van der Waals surface area contributed by atoms with E-state index >= 15 is 0 Å². The van der Waals surface area contributed by atoms with Crippen LogP contribution in [0.4, 0.5) is 0 Å². The van der Waals surface area contributed by atoms with E-state index in [-0.39, 0.29) is 46.5 Å². The van der Waals surface area contributed by atoms with Crippen LogP contribution in [0.15, 0.2) is 127 Å². The Kier molecular flexibility index (Phi) is 18.0. The van der Waals surface area contributed by atoms with E-state index in [1.54, 1.807) is 42.5 Å². The molecule has 0 saturated carbocycles. The van der Waals surface area contributed by atoms with Crippen molar-refractivity contribution >= 4 is 37.9 Å². The minimum atomic E-state index is -0.335. The molecule has 2 aromatic heterocycles. The molecule has 2 heterocycles. The van der Waals surface area contributed by atoms with Crippen molar-refractivity contribution in [3.63, 3.8) is 0 Å². The molecule has 4 N–H and O–H groups in total. The van der Waals surface area contributed by atoms with Gasteiger partial charge >= 0.3 is 0 Å². The highest BCUT2D eigenvalue weighted by Crippen LogP contribution is 2.35. The first-order chi connectivity index (χ1) is 29.6. The van der Waals surface area contributed by atoms with Crippen LogP contribution in [0.25, 0.3) is 44.2 Å². The van der Waals surface area contributed by atoms with Gasteiger partial charge in [-0.1, -0.05) is 50.9 Å². The Morgan fingerprint density at radius 3 is 1.44 bits per heavy atom. The van der Waals surface area contributed by atoms with Crippen molar-refractivity contribution in [2.45, 2.75) is 54.8 Å². The van der Waals surface area contributed by atoms with Crippen molar-refractivity contribution in [1.82, 2.24) is 0 Å². The second-order valence-electron chi connectivity index (χ2n) is 14.6. The van der Waals surface area contributed by atoms with Crippen LogP contribution in [0.1, 0.15) is 52.7 Å². The third-order valence-electron chi connectivity index (χ3n) is 9.09. The van der Waals surface area contributed by atoms with Crippen LogP contribution in [-0.2, 0) is 13.2 Å². The summed E-state index contributed by atoms with van der Waals surface area (Å²) in [5.41, 5.74) is 6.56. The molecule has 4 aromatic carbocycles. The zero-order valence-corrected chi connectivity index (χ0v) is 37.7. The van der Waals surface area contributed by atoms with Crippen molar-refractivity contribution in [3.05, 3.63) is 140 Å². The Balaban J connectivity index is 0.000000252. The normalized spacial score (nSPS) is 10.4. The van der Waals surface area contributed by atoms with Crippen LogP contribution in [-0.4, -0.2) is 53.2 Å². The quantitative estimate of drug-likeness (QED) is 0.0490. The highest BCUT2D eigenvalue weighted by molar-refractivity contribution is 9.09. The number of aliphatic hydroxyl groups excluding tert-OH is 2. The van der Waals surface area contributed by atoms with Crippen LogP contribution in [0, 0.1) is 0 Å². The Labute approximate surface area is 368 Å². The second-order valence-corrected chi connectivity index (χ2v) is 15.2. The predicted octanol–water partition coefficient (Wildman–Crippen LogP) is 10.4. The molecule has 0 fully saturated rings. The molecule has 13 heteroatoms. The fourth-order valence-corrected chi connectivity index (χ4v) is 6.44. The van der Waals surface area contributed by atoms with Crippen LogP contribution in [0.3, 0.4) is 0 Å². The molecule has 62 heavy (non-hydrogen) atoms. The Hall–Kier alpha value is -6.28. The minimum absolute atomic E-state index is 0.182. The summed E-state index contributed by atoms with van der Waals surface area (Å²) in [5.74, 6) is 1.18. The van der Waals surface area contributed by atoms with Crippen LogP contribution < -0.4 is 29.8 Å². The number of alkyl halides is 1. The van der Waals surface area contributed by atoms with Crippen molar-refractivity contribution in [2.75, 3.05) is 32.8 Å². The molecule has 328 valence electrons. The lowest BCUT2D eigenvalue weighted by atomic mass is 10.0. The molecule has 0 spiro atoms. The van der Waals surface area contributed by atoms with Gasteiger partial charge < -0.3 is 48.2 Å². The Morgan fingerprint density at radius 1 is 0.581 bits per heavy atom. The number of rotatable bonds is 13. The van der Waals surface area contributed by atoms with Crippen molar-refractivity contribution in [2.24, 2.45) is 0 Å². The highest BCUT2D eigenvalue weighted by atomic mass is 79.9. The van der Waals surface area contributed by atoms with Gasteiger partial charge in [-0.25, -0.2) is 0 Å². The third kappa shape index (κ3) is 12.6. The summed E-state index contributed by atoms with van der Waals surface area (Å²) in [6, 6.07) is 15.9.